The van der Waals surface area contributed by atoms with Gasteiger partial charge in [-0.05, 0) is 72.2 Å². The molecule has 0 unspecified atom stereocenters. The molecule has 0 atom stereocenters. The molecule has 0 saturated carbocycles. The van der Waals surface area contributed by atoms with Crippen molar-refractivity contribution >= 4 is 0 Å². The van der Waals surface area contributed by atoms with E-state index in [-0.39, 0.29) is 23.0 Å². The summed E-state index contributed by atoms with van der Waals surface area (Å²) < 4.78 is 12.5. The fourth-order valence-corrected chi connectivity index (χ4v) is 4.15. The van der Waals surface area contributed by atoms with Crippen molar-refractivity contribution in [3.8, 4) is 46.0 Å². The zero-order valence-corrected chi connectivity index (χ0v) is 18.4. The number of aryl methyl sites for hydroxylation is 4. The average molecular weight is 456 g/mol. The number of hydrogen-bond acceptors (Lipinski definition) is 6. The summed E-state index contributed by atoms with van der Waals surface area (Å²) in [6.07, 6.45) is 2.32. The van der Waals surface area contributed by atoms with E-state index in [1.54, 1.807) is 48.5 Å². The molecule has 6 nitrogen and oxygen atoms in total. The number of aromatic hydroxyl groups is 4. The van der Waals surface area contributed by atoms with Gasteiger partial charge in [0.05, 0.1) is 0 Å². The summed E-state index contributed by atoms with van der Waals surface area (Å²) in [7, 11) is 0. The Kier molecular flexibility index (Phi) is 5.64. The molecule has 4 N–H and O–H groups in total. The van der Waals surface area contributed by atoms with Crippen molar-refractivity contribution in [3.05, 3.63) is 95.1 Å². The maximum atomic E-state index is 10.1. The first-order valence-electron chi connectivity index (χ1n) is 11.1. The third kappa shape index (κ3) is 4.57. The van der Waals surface area contributed by atoms with Gasteiger partial charge in [-0.25, -0.2) is 0 Å². The Morgan fingerprint density at radius 2 is 0.618 bits per heavy atom. The molecule has 4 aromatic carbocycles. The molecule has 0 radical (unpaired) electrons. The Hall–Kier alpha value is -4.32. The van der Waals surface area contributed by atoms with Gasteiger partial charge in [-0.15, -0.1) is 0 Å². The van der Waals surface area contributed by atoms with Crippen LogP contribution in [0, 0.1) is 0 Å². The third-order valence-electron chi connectivity index (χ3n) is 5.97. The van der Waals surface area contributed by atoms with E-state index in [9.17, 15) is 20.4 Å². The molecule has 1 aliphatic heterocycles. The highest BCUT2D eigenvalue weighted by Crippen LogP contribution is 2.38. The molecule has 0 amide bonds. The van der Waals surface area contributed by atoms with E-state index in [0.29, 0.717) is 48.7 Å². The summed E-state index contributed by atoms with van der Waals surface area (Å²) in [6, 6.07) is 20.0. The first-order chi connectivity index (χ1) is 16.4. The van der Waals surface area contributed by atoms with Crippen molar-refractivity contribution in [1.29, 1.82) is 0 Å². The largest absolute Gasteiger partial charge is 0.508 e. The van der Waals surface area contributed by atoms with Gasteiger partial charge in [0, 0.05) is 24.3 Å². The molecular formula is C28H24O6. The summed E-state index contributed by atoms with van der Waals surface area (Å²) in [5.74, 6) is 2.39. The molecule has 5 rings (SSSR count). The van der Waals surface area contributed by atoms with Gasteiger partial charge in [-0.2, -0.15) is 0 Å². The van der Waals surface area contributed by atoms with Gasteiger partial charge in [0.2, 0.25) is 0 Å². The van der Waals surface area contributed by atoms with E-state index in [2.05, 4.69) is 0 Å². The van der Waals surface area contributed by atoms with Crippen molar-refractivity contribution in [2.45, 2.75) is 25.7 Å². The van der Waals surface area contributed by atoms with Crippen molar-refractivity contribution < 1.29 is 29.9 Å². The Morgan fingerprint density at radius 1 is 0.382 bits per heavy atom. The van der Waals surface area contributed by atoms with Crippen LogP contribution in [0.4, 0.5) is 0 Å². The molecule has 0 fully saturated rings. The summed E-state index contributed by atoms with van der Waals surface area (Å²) in [5.41, 5.74) is 3.50. The second-order valence-corrected chi connectivity index (χ2v) is 8.37. The lowest BCUT2D eigenvalue weighted by molar-refractivity contribution is 0.432. The molecule has 172 valence electrons. The van der Waals surface area contributed by atoms with Crippen molar-refractivity contribution in [3.63, 3.8) is 0 Å². The number of phenolic OH excluding ortho intramolecular Hbond substituents is 4. The molecule has 34 heavy (non-hydrogen) atoms. The van der Waals surface area contributed by atoms with Crippen LogP contribution in [-0.4, -0.2) is 20.4 Å². The predicted molar refractivity (Wildman–Crippen MR) is 127 cm³/mol. The predicted octanol–water partition coefficient (Wildman–Crippen LogP) is 5.98. The summed E-state index contributed by atoms with van der Waals surface area (Å²) in [5, 5.41) is 40.3. The van der Waals surface area contributed by atoms with Crippen LogP contribution in [0.5, 0.6) is 46.0 Å². The first kappa shape index (κ1) is 21.5. The zero-order valence-electron chi connectivity index (χ0n) is 18.4. The monoisotopic (exact) mass is 456 g/mol. The van der Waals surface area contributed by atoms with Gasteiger partial charge < -0.3 is 29.9 Å². The maximum Gasteiger partial charge on any atom is 0.134 e. The SMILES string of the molecule is Oc1ccc2c(c1)Oc1cc(O)ccc1CCc1ccc(O)cc1Oc1cc(O)ccc1CC2. The lowest BCUT2D eigenvalue weighted by Crippen LogP contribution is -2.02. The quantitative estimate of drug-likeness (QED) is 0.260. The van der Waals surface area contributed by atoms with Gasteiger partial charge in [-0.1, -0.05) is 24.3 Å². The minimum atomic E-state index is 0.0870. The van der Waals surface area contributed by atoms with E-state index < -0.39 is 0 Å². The number of fused-ring (bicyclic) bond motifs is 4. The third-order valence-corrected chi connectivity index (χ3v) is 5.97. The van der Waals surface area contributed by atoms with Gasteiger partial charge in [-0.3, -0.25) is 0 Å². The highest BCUT2D eigenvalue weighted by atomic mass is 16.5. The number of benzene rings is 4. The molecule has 0 aliphatic carbocycles. The van der Waals surface area contributed by atoms with Crippen molar-refractivity contribution in [2.24, 2.45) is 0 Å². The minimum absolute atomic E-state index is 0.0870. The van der Waals surface area contributed by atoms with Crippen LogP contribution in [-0.2, 0) is 25.7 Å². The van der Waals surface area contributed by atoms with Gasteiger partial charge in [0.1, 0.15) is 46.0 Å². The molecule has 0 spiro atoms. The molecule has 1 heterocycles. The van der Waals surface area contributed by atoms with E-state index in [0.717, 1.165) is 22.3 Å². The lowest BCUT2D eigenvalue weighted by Gasteiger charge is -2.19. The fraction of sp³-hybridized carbons (Fsp3) is 0.143. The molecule has 6 heteroatoms. The van der Waals surface area contributed by atoms with Gasteiger partial charge >= 0.3 is 0 Å². The lowest BCUT2D eigenvalue weighted by atomic mass is 10.0. The van der Waals surface area contributed by atoms with E-state index >= 15 is 0 Å². The van der Waals surface area contributed by atoms with Crippen LogP contribution in [0.25, 0.3) is 0 Å². The Balaban J connectivity index is 1.63. The molecule has 0 bridgehead atoms. The van der Waals surface area contributed by atoms with Crippen molar-refractivity contribution in [1.82, 2.24) is 0 Å². The standard InChI is InChI=1S/C28H24O6/c29-21-9-5-17-1-2-18-6-10-22(30)14-26(18)34-28-16-24(32)12-8-20(28)4-3-19-7-11-23(31)15-27(19)33-25(17)13-21/h5-16,29-32H,1-4H2. The van der Waals surface area contributed by atoms with E-state index in [1.807, 2.05) is 24.3 Å². The highest BCUT2D eigenvalue weighted by Gasteiger charge is 2.16. The van der Waals surface area contributed by atoms with Crippen molar-refractivity contribution in [2.75, 3.05) is 0 Å². The molecular weight excluding hydrogens is 432 g/mol. The molecule has 0 aromatic heterocycles. The summed E-state index contributed by atoms with van der Waals surface area (Å²) in [4.78, 5) is 0. The molecule has 1 aliphatic rings. The van der Waals surface area contributed by atoms with Crippen LogP contribution in [0.2, 0.25) is 0 Å². The van der Waals surface area contributed by atoms with Crippen LogP contribution in [0.1, 0.15) is 22.3 Å². The number of ether oxygens (including phenoxy) is 2. The van der Waals surface area contributed by atoms with Crippen LogP contribution in [0.3, 0.4) is 0 Å². The second kappa shape index (κ2) is 8.90. The average Bonchev–Trinajstić information content (AvgIpc) is 2.80. The van der Waals surface area contributed by atoms with E-state index in [4.69, 9.17) is 9.47 Å². The van der Waals surface area contributed by atoms with Crippen LogP contribution in [0.15, 0.2) is 72.8 Å². The van der Waals surface area contributed by atoms with Crippen LogP contribution < -0.4 is 9.47 Å². The highest BCUT2D eigenvalue weighted by molar-refractivity contribution is 5.51. The van der Waals surface area contributed by atoms with E-state index in [1.165, 1.54) is 0 Å². The van der Waals surface area contributed by atoms with Crippen LogP contribution >= 0.6 is 0 Å². The minimum Gasteiger partial charge on any atom is -0.508 e. The number of rotatable bonds is 0. The Labute approximate surface area is 196 Å². The number of phenols is 4. The smallest absolute Gasteiger partial charge is 0.134 e. The summed E-state index contributed by atoms with van der Waals surface area (Å²) >= 11 is 0. The fourth-order valence-electron chi connectivity index (χ4n) is 4.15. The normalized spacial score (nSPS) is 13.2. The topological polar surface area (TPSA) is 99.4 Å². The Bertz CT molecular complexity index is 1150. The second-order valence-electron chi connectivity index (χ2n) is 8.37. The molecule has 4 aromatic rings. The Morgan fingerprint density at radius 3 is 0.853 bits per heavy atom. The zero-order chi connectivity index (χ0) is 23.7. The van der Waals surface area contributed by atoms with Gasteiger partial charge in [0.25, 0.3) is 0 Å². The maximum absolute atomic E-state index is 10.1. The molecule has 0 saturated heterocycles. The summed E-state index contributed by atoms with van der Waals surface area (Å²) in [6.45, 7) is 0. The first-order valence-corrected chi connectivity index (χ1v) is 11.1. The van der Waals surface area contributed by atoms with Gasteiger partial charge in [0.15, 0.2) is 0 Å². The number of hydrogen-bond donors (Lipinski definition) is 4.